The van der Waals surface area contributed by atoms with Gasteiger partial charge in [-0.05, 0) is 29.7 Å². The Morgan fingerprint density at radius 3 is 2.47 bits per heavy atom. The van der Waals surface area contributed by atoms with Gasteiger partial charge in [0.15, 0.2) is 11.5 Å². The Morgan fingerprint density at radius 1 is 1.16 bits per heavy atom. The van der Waals surface area contributed by atoms with Crippen LogP contribution in [0.15, 0.2) is 36.4 Å². The van der Waals surface area contributed by atoms with Gasteiger partial charge < -0.3 is 24.2 Å². The predicted octanol–water partition coefficient (Wildman–Crippen LogP) is 4.70. The molecule has 7 nitrogen and oxygen atoms in total. The molecule has 1 aliphatic rings. The number of halogens is 1. The quantitative estimate of drug-likeness (QED) is 0.671. The lowest BCUT2D eigenvalue weighted by Crippen LogP contribution is -2.44. The van der Waals surface area contributed by atoms with Crippen molar-refractivity contribution < 1.29 is 28.9 Å². The molecule has 0 aliphatic carbocycles. The molecular weight excluding hydrogens is 434 g/mol. The molecule has 3 rings (SSSR count). The fourth-order valence-corrected chi connectivity index (χ4v) is 4.04. The third-order valence-corrected chi connectivity index (χ3v) is 5.35. The molecule has 0 spiro atoms. The number of carboxylic acids is 1. The van der Waals surface area contributed by atoms with Gasteiger partial charge in [-0.1, -0.05) is 44.5 Å². The average molecular weight is 462 g/mol. The van der Waals surface area contributed by atoms with E-state index in [2.05, 4.69) is 0 Å². The van der Waals surface area contributed by atoms with Crippen molar-refractivity contribution in [2.45, 2.75) is 39.4 Å². The molecule has 2 aromatic carbocycles. The van der Waals surface area contributed by atoms with Crippen LogP contribution in [-0.2, 0) is 14.3 Å². The maximum absolute atomic E-state index is 13.5. The smallest absolute Gasteiger partial charge is 0.306 e. The Hall–Kier alpha value is -2.77. The molecule has 0 saturated carbocycles. The first-order chi connectivity index (χ1) is 15.1. The number of carbonyl (C=O) groups excluding carboxylic acids is 1. The van der Waals surface area contributed by atoms with Crippen LogP contribution in [0.2, 0.25) is 5.02 Å². The van der Waals surface area contributed by atoms with Crippen LogP contribution in [0.25, 0.3) is 0 Å². The first-order valence-electron chi connectivity index (χ1n) is 10.2. The van der Waals surface area contributed by atoms with E-state index in [1.807, 2.05) is 20.8 Å². The first kappa shape index (κ1) is 23.9. The zero-order chi connectivity index (χ0) is 23.6. The Balaban J connectivity index is 2.27. The standard InChI is InChI=1S/C24H28ClNO6/c1-24(2,3)13-26-17-10-9-14(25)11-16(17)21(32-19(23(26)29)12-20(27)28)15-7-6-8-18(30-4)22(15)31-5/h6-11,19,21H,12-13H2,1-5H3,(H,27,28)/t19-,21-/m1/s1. The van der Waals surface area contributed by atoms with Gasteiger partial charge >= 0.3 is 5.97 Å². The molecule has 1 N–H and O–H groups in total. The molecule has 1 amide bonds. The van der Waals surface area contributed by atoms with Crippen LogP contribution < -0.4 is 14.4 Å². The summed E-state index contributed by atoms with van der Waals surface area (Å²) < 4.78 is 17.3. The highest BCUT2D eigenvalue weighted by Gasteiger charge is 2.40. The van der Waals surface area contributed by atoms with Crippen molar-refractivity contribution in [2.75, 3.05) is 25.7 Å². The second kappa shape index (κ2) is 9.38. The Kier molecular flexibility index (Phi) is 7.00. The second-order valence-electron chi connectivity index (χ2n) is 8.87. The molecule has 1 heterocycles. The fourth-order valence-electron chi connectivity index (χ4n) is 3.86. The largest absolute Gasteiger partial charge is 0.493 e. The minimum absolute atomic E-state index is 0.242. The number of methoxy groups -OCH3 is 2. The lowest BCUT2D eigenvalue weighted by atomic mass is 9.94. The summed E-state index contributed by atoms with van der Waals surface area (Å²) in [5, 5.41) is 9.95. The Bertz CT molecular complexity index is 1020. The van der Waals surface area contributed by atoms with Gasteiger partial charge in [0.05, 0.1) is 20.6 Å². The van der Waals surface area contributed by atoms with E-state index in [-0.39, 0.29) is 5.41 Å². The molecule has 32 heavy (non-hydrogen) atoms. The number of para-hydroxylation sites is 1. The van der Waals surface area contributed by atoms with E-state index in [0.29, 0.717) is 39.9 Å². The third kappa shape index (κ3) is 5.00. The minimum atomic E-state index is -1.19. The van der Waals surface area contributed by atoms with Crippen LogP contribution in [0.5, 0.6) is 11.5 Å². The molecular formula is C24H28ClNO6. The molecule has 0 unspecified atom stereocenters. The number of ether oxygens (including phenoxy) is 3. The van der Waals surface area contributed by atoms with E-state index < -0.39 is 30.5 Å². The van der Waals surface area contributed by atoms with Crippen molar-refractivity contribution in [3.8, 4) is 11.5 Å². The van der Waals surface area contributed by atoms with Crippen molar-refractivity contribution in [2.24, 2.45) is 5.41 Å². The van der Waals surface area contributed by atoms with Crippen LogP contribution >= 0.6 is 11.6 Å². The van der Waals surface area contributed by atoms with E-state index in [4.69, 9.17) is 25.8 Å². The minimum Gasteiger partial charge on any atom is -0.493 e. The van der Waals surface area contributed by atoms with E-state index in [9.17, 15) is 14.7 Å². The van der Waals surface area contributed by atoms with E-state index in [1.165, 1.54) is 14.2 Å². The average Bonchev–Trinajstić information content (AvgIpc) is 2.82. The third-order valence-electron chi connectivity index (χ3n) is 5.11. The highest BCUT2D eigenvalue weighted by atomic mass is 35.5. The van der Waals surface area contributed by atoms with Gasteiger partial charge in [0, 0.05) is 28.4 Å². The summed E-state index contributed by atoms with van der Waals surface area (Å²) in [6, 6.07) is 10.6. The van der Waals surface area contributed by atoms with Gasteiger partial charge in [-0.15, -0.1) is 0 Å². The number of amides is 1. The van der Waals surface area contributed by atoms with Gasteiger partial charge in [-0.2, -0.15) is 0 Å². The summed E-state index contributed by atoms with van der Waals surface area (Å²) in [6.45, 7) is 6.41. The van der Waals surface area contributed by atoms with Gasteiger partial charge in [0.1, 0.15) is 12.2 Å². The van der Waals surface area contributed by atoms with Crippen molar-refractivity contribution >= 4 is 29.2 Å². The number of benzene rings is 2. The highest BCUT2D eigenvalue weighted by molar-refractivity contribution is 6.30. The maximum atomic E-state index is 13.5. The van der Waals surface area contributed by atoms with Crippen molar-refractivity contribution in [1.29, 1.82) is 0 Å². The van der Waals surface area contributed by atoms with Gasteiger partial charge in [-0.3, -0.25) is 9.59 Å². The SMILES string of the molecule is COc1cccc([C@H]2O[C@H](CC(=O)O)C(=O)N(CC(C)(C)C)c3ccc(Cl)cc32)c1OC. The van der Waals surface area contributed by atoms with Crippen LogP contribution in [0.3, 0.4) is 0 Å². The van der Waals surface area contributed by atoms with Crippen LogP contribution in [0.1, 0.15) is 44.4 Å². The number of hydrogen-bond donors (Lipinski definition) is 1. The summed E-state index contributed by atoms with van der Waals surface area (Å²) >= 11 is 6.34. The molecule has 2 atom stereocenters. The van der Waals surface area contributed by atoms with Gasteiger partial charge in [0.2, 0.25) is 0 Å². The maximum Gasteiger partial charge on any atom is 0.306 e. The molecule has 172 valence electrons. The van der Waals surface area contributed by atoms with E-state index in [0.717, 1.165) is 0 Å². The number of rotatable bonds is 6. The van der Waals surface area contributed by atoms with Crippen LogP contribution in [-0.4, -0.2) is 43.9 Å². The summed E-state index contributed by atoms with van der Waals surface area (Å²) in [4.78, 5) is 26.7. The molecule has 0 saturated heterocycles. The van der Waals surface area contributed by atoms with Crippen molar-refractivity contribution in [3.63, 3.8) is 0 Å². The number of anilines is 1. The Morgan fingerprint density at radius 2 is 1.88 bits per heavy atom. The Labute approximate surface area is 192 Å². The molecule has 0 radical (unpaired) electrons. The van der Waals surface area contributed by atoms with Crippen molar-refractivity contribution in [3.05, 3.63) is 52.5 Å². The predicted molar refractivity (Wildman–Crippen MR) is 122 cm³/mol. The molecule has 1 aliphatic heterocycles. The number of nitrogens with zero attached hydrogens (tertiary/aromatic N) is 1. The zero-order valence-corrected chi connectivity index (χ0v) is 19.6. The van der Waals surface area contributed by atoms with E-state index in [1.54, 1.807) is 41.3 Å². The summed E-state index contributed by atoms with van der Waals surface area (Å²) in [5.41, 5.74) is 1.64. The summed E-state index contributed by atoms with van der Waals surface area (Å²) in [6.07, 6.45) is -2.46. The summed E-state index contributed by atoms with van der Waals surface area (Å²) in [7, 11) is 3.05. The monoisotopic (exact) mass is 461 g/mol. The zero-order valence-electron chi connectivity index (χ0n) is 18.8. The summed E-state index contributed by atoms with van der Waals surface area (Å²) in [5.74, 6) is -0.597. The molecule has 0 fully saturated rings. The molecule has 0 aromatic heterocycles. The van der Waals surface area contributed by atoms with Gasteiger partial charge in [-0.25, -0.2) is 0 Å². The lowest BCUT2D eigenvalue weighted by molar-refractivity contribution is -0.147. The second-order valence-corrected chi connectivity index (χ2v) is 9.31. The highest BCUT2D eigenvalue weighted by Crippen LogP contribution is 2.45. The lowest BCUT2D eigenvalue weighted by Gasteiger charge is -2.31. The molecule has 0 bridgehead atoms. The number of hydrogen-bond acceptors (Lipinski definition) is 5. The van der Waals surface area contributed by atoms with E-state index >= 15 is 0 Å². The molecule has 2 aromatic rings. The van der Waals surface area contributed by atoms with Crippen LogP contribution in [0.4, 0.5) is 5.69 Å². The topological polar surface area (TPSA) is 85.3 Å². The van der Waals surface area contributed by atoms with Crippen molar-refractivity contribution in [1.82, 2.24) is 0 Å². The number of carbonyl (C=O) groups is 2. The molecule has 8 heteroatoms. The van der Waals surface area contributed by atoms with Crippen LogP contribution in [0, 0.1) is 5.41 Å². The number of carboxylic acid groups (broad SMARTS) is 1. The van der Waals surface area contributed by atoms with Gasteiger partial charge in [0.25, 0.3) is 5.91 Å². The fraction of sp³-hybridized carbons (Fsp3) is 0.417. The number of aliphatic carboxylic acids is 1. The number of fused-ring (bicyclic) bond motifs is 1. The first-order valence-corrected chi connectivity index (χ1v) is 10.6. The normalized spacial score (nSPS) is 18.7.